The molecule has 0 radical (unpaired) electrons. The molecule has 0 unspecified atom stereocenters. The Hall–Kier alpha value is -3.65. The minimum atomic E-state index is -1.09. The third-order valence-electron chi connectivity index (χ3n) is 4.68. The highest BCUT2D eigenvalue weighted by Crippen LogP contribution is 2.30. The second-order valence-electron chi connectivity index (χ2n) is 6.69. The van der Waals surface area contributed by atoms with Gasteiger partial charge in [0.05, 0.1) is 18.3 Å². The van der Waals surface area contributed by atoms with Gasteiger partial charge in [0.25, 0.3) is 11.5 Å². The van der Waals surface area contributed by atoms with Gasteiger partial charge in [-0.15, -0.1) is 0 Å². The quantitative estimate of drug-likeness (QED) is 0.575. The molecule has 0 bridgehead atoms. The number of carbonyl (C=O) groups is 2. The van der Waals surface area contributed by atoms with Gasteiger partial charge in [-0.3, -0.25) is 14.4 Å². The number of benzene rings is 1. The first kappa shape index (κ1) is 21.1. The van der Waals surface area contributed by atoms with Crippen molar-refractivity contribution < 1.29 is 14.7 Å². The van der Waals surface area contributed by atoms with E-state index in [1.165, 1.54) is 23.9 Å². The summed E-state index contributed by atoms with van der Waals surface area (Å²) in [5.41, 5.74) is 7.05. The van der Waals surface area contributed by atoms with Crippen LogP contribution >= 0.6 is 11.6 Å². The van der Waals surface area contributed by atoms with Crippen LogP contribution in [0.15, 0.2) is 47.4 Å². The molecule has 0 aliphatic carbocycles. The average Bonchev–Trinajstić information content (AvgIpc) is 2.69. The summed E-state index contributed by atoms with van der Waals surface area (Å²) in [6.45, 7) is 1.62. The molecule has 2 aromatic heterocycles. The first-order chi connectivity index (χ1) is 14.2. The molecule has 0 atom stereocenters. The minimum Gasteiger partial charge on any atom is -0.481 e. The molecule has 3 rings (SSSR count). The molecule has 0 spiro atoms. The van der Waals surface area contributed by atoms with Crippen LogP contribution in [0, 0.1) is 6.92 Å². The van der Waals surface area contributed by atoms with Gasteiger partial charge in [-0.25, -0.2) is 4.98 Å². The Morgan fingerprint density at radius 3 is 2.43 bits per heavy atom. The number of carbonyl (C=O) groups excluding carboxylic acids is 1. The summed E-state index contributed by atoms with van der Waals surface area (Å²) < 4.78 is 1.20. The van der Waals surface area contributed by atoms with E-state index in [1.54, 1.807) is 37.3 Å². The lowest BCUT2D eigenvalue weighted by Crippen LogP contribution is -2.32. The number of amides is 1. The number of aliphatic carboxylic acids is 1. The summed E-state index contributed by atoms with van der Waals surface area (Å²) in [6.07, 6.45) is 1.00. The summed E-state index contributed by atoms with van der Waals surface area (Å²) in [5, 5.41) is 12.5. The molecule has 0 saturated carbocycles. The molecule has 9 heteroatoms. The number of rotatable bonds is 5. The summed E-state index contributed by atoms with van der Waals surface area (Å²) in [5.74, 6) is -1.43. The molecule has 0 fully saturated rings. The number of halogens is 1. The van der Waals surface area contributed by atoms with Gasteiger partial charge in [0, 0.05) is 23.3 Å². The first-order valence-corrected chi connectivity index (χ1v) is 9.30. The second kappa shape index (κ2) is 8.38. The normalized spacial score (nSPS) is 10.6. The zero-order chi connectivity index (χ0) is 22.0. The van der Waals surface area contributed by atoms with Gasteiger partial charge in [-0.1, -0.05) is 23.7 Å². The van der Waals surface area contributed by atoms with Crippen LogP contribution in [-0.2, 0) is 18.3 Å². The van der Waals surface area contributed by atoms with Crippen molar-refractivity contribution in [1.29, 1.82) is 0 Å². The molecule has 3 aromatic rings. The number of carboxylic acid groups (broad SMARTS) is 1. The summed E-state index contributed by atoms with van der Waals surface area (Å²) >= 11 is 5.97. The maximum atomic E-state index is 13.0. The standard InChI is InChI=1S/C21H19ClN4O4/c1-11-18(12-3-5-13(22)6-4-12)15(9-17(27)28)26(2)21(30)19(11)20(29)25-14-7-8-16(23)24-10-14/h3-8,10H,9H2,1-2H3,(H2,23,24)(H,25,29)(H,27,28). The van der Waals surface area contributed by atoms with Crippen LogP contribution in [0.5, 0.6) is 0 Å². The van der Waals surface area contributed by atoms with Gasteiger partial charge in [-0.05, 0) is 42.3 Å². The lowest BCUT2D eigenvalue weighted by molar-refractivity contribution is -0.136. The van der Waals surface area contributed by atoms with Crippen LogP contribution in [0.4, 0.5) is 11.5 Å². The second-order valence-corrected chi connectivity index (χ2v) is 7.13. The maximum Gasteiger partial charge on any atom is 0.309 e. The van der Waals surface area contributed by atoms with Gasteiger partial charge in [0.2, 0.25) is 0 Å². The number of nitrogens with two attached hydrogens (primary N) is 1. The predicted molar refractivity (Wildman–Crippen MR) is 115 cm³/mol. The lowest BCUT2D eigenvalue weighted by Gasteiger charge is -2.19. The van der Waals surface area contributed by atoms with Gasteiger partial charge < -0.3 is 20.7 Å². The van der Waals surface area contributed by atoms with Crippen molar-refractivity contribution in [3.63, 3.8) is 0 Å². The molecule has 4 N–H and O–H groups in total. The molecule has 1 aromatic carbocycles. The Morgan fingerprint density at radius 2 is 1.87 bits per heavy atom. The number of hydrogen-bond acceptors (Lipinski definition) is 5. The SMILES string of the molecule is Cc1c(-c2ccc(Cl)cc2)c(CC(=O)O)n(C)c(=O)c1C(=O)Nc1ccc(N)nc1. The monoisotopic (exact) mass is 426 g/mol. The van der Waals surface area contributed by atoms with Crippen molar-refractivity contribution in [2.24, 2.45) is 7.05 Å². The highest BCUT2D eigenvalue weighted by molar-refractivity contribution is 6.30. The Kier molecular flexibility index (Phi) is 5.89. The first-order valence-electron chi connectivity index (χ1n) is 8.92. The zero-order valence-electron chi connectivity index (χ0n) is 16.3. The Balaban J connectivity index is 2.19. The van der Waals surface area contributed by atoms with Gasteiger partial charge in [0.1, 0.15) is 11.4 Å². The molecule has 8 nitrogen and oxygen atoms in total. The fraction of sp³-hybridized carbons (Fsp3) is 0.143. The van der Waals surface area contributed by atoms with Gasteiger partial charge in [-0.2, -0.15) is 0 Å². The minimum absolute atomic E-state index is 0.0894. The summed E-state index contributed by atoms with van der Waals surface area (Å²) in [7, 11) is 1.45. The van der Waals surface area contributed by atoms with Crippen LogP contribution in [0.1, 0.15) is 21.6 Å². The topological polar surface area (TPSA) is 127 Å². The lowest BCUT2D eigenvalue weighted by atomic mass is 9.93. The van der Waals surface area contributed by atoms with Crippen LogP contribution < -0.4 is 16.6 Å². The van der Waals surface area contributed by atoms with Crippen molar-refractivity contribution in [3.8, 4) is 11.1 Å². The molecule has 2 heterocycles. The smallest absolute Gasteiger partial charge is 0.309 e. The largest absolute Gasteiger partial charge is 0.481 e. The number of pyridine rings is 2. The predicted octanol–water partition coefficient (Wildman–Crippen LogP) is 2.87. The number of carboxylic acids is 1. The summed E-state index contributed by atoms with van der Waals surface area (Å²) in [6, 6.07) is 9.84. The number of anilines is 2. The fourth-order valence-electron chi connectivity index (χ4n) is 3.25. The molecule has 30 heavy (non-hydrogen) atoms. The highest BCUT2D eigenvalue weighted by Gasteiger charge is 2.24. The molecule has 0 saturated heterocycles. The third kappa shape index (κ3) is 4.18. The Morgan fingerprint density at radius 1 is 1.20 bits per heavy atom. The molecule has 1 amide bonds. The molecule has 0 aliphatic rings. The van der Waals surface area contributed by atoms with Crippen LogP contribution in [0.3, 0.4) is 0 Å². The van der Waals surface area contributed by atoms with E-state index in [1.807, 2.05) is 0 Å². The highest BCUT2D eigenvalue weighted by atomic mass is 35.5. The number of aromatic nitrogens is 2. The van der Waals surface area contributed by atoms with Crippen molar-refractivity contribution in [2.45, 2.75) is 13.3 Å². The van der Waals surface area contributed by atoms with Gasteiger partial charge in [0.15, 0.2) is 0 Å². The molecular formula is C21H19ClN4O4. The van der Waals surface area contributed by atoms with Crippen molar-refractivity contribution in [2.75, 3.05) is 11.1 Å². The van der Waals surface area contributed by atoms with E-state index in [4.69, 9.17) is 17.3 Å². The zero-order valence-corrected chi connectivity index (χ0v) is 17.0. The fourth-order valence-corrected chi connectivity index (χ4v) is 3.38. The maximum absolute atomic E-state index is 13.0. The average molecular weight is 427 g/mol. The molecule has 0 aliphatic heterocycles. The van der Waals surface area contributed by atoms with Crippen LogP contribution in [0.25, 0.3) is 11.1 Å². The Labute approximate surface area is 176 Å². The van der Waals surface area contributed by atoms with Crippen LogP contribution in [-0.4, -0.2) is 26.5 Å². The van der Waals surface area contributed by atoms with Gasteiger partial charge >= 0.3 is 5.97 Å². The van der Waals surface area contributed by atoms with E-state index in [2.05, 4.69) is 10.3 Å². The van der Waals surface area contributed by atoms with Crippen molar-refractivity contribution in [3.05, 3.63) is 74.8 Å². The van der Waals surface area contributed by atoms with Crippen molar-refractivity contribution in [1.82, 2.24) is 9.55 Å². The van der Waals surface area contributed by atoms with E-state index in [9.17, 15) is 19.5 Å². The number of hydrogen-bond donors (Lipinski definition) is 3. The molecule has 154 valence electrons. The van der Waals surface area contributed by atoms with E-state index in [0.717, 1.165) is 0 Å². The Bertz CT molecular complexity index is 1190. The number of nitrogens with zero attached hydrogens (tertiary/aromatic N) is 2. The van der Waals surface area contributed by atoms with E-state index in [0.29, 0.717) is 33.2 Å². The number of nitrogen functional groups attached to an aromatic ring is 1. The number of nitrogens with one attached hydrogen (secondary N) is 1. The third-order valence-corrected chi connectivity index (χ3v) is 4.94. The molecular weight excluding hydrogens is 408 g/mol. The van der Waals surface area contributed by atoms with Crippen molar-refractivity contribution >= 4 is 35.0 Å². The van der Waals surface area contributed by atoms with E-state index in [-0.39, 0.29) is 17.7 Å². The summed E-state index contributed by atoms with van der Waals surface area (Å²) in [4.78, 5) is 41.3. The van der Waals surface area contributed by atoms with E-state index >= 15 is 0 Å². The van der Waals surface area contributed by atoms with Crippen LogP contribution in [0.2, 0.25) is 5.02 Å². The van der Waals surface area contributed by atoms with E-state index < -0.39 is 17.4 Å².